The Kier molecular flexibility index (Phi) is 11.2. The first-order chi connectivity index (χ1) is 21.6. The van der Waals surface area contributed by atoms with Gasteiger partial charge < -0.3 is 42.5 Å². The highest BCUT2D eigenvalue weighted by molar-refractivity contribution is 7.98. The van der Waals surface area contributed by atoms with Gasteiger partial charge >= 0.3 is 5.97 Å². The molecule has 45 heavy (non-hydrogen) atoms. The van der Waals surface area contributed by atoms with Crippen molar-refractivity contribution in [1.29, 1.82) is 0 Å². The number of aromatic amines is 2. The van der Waals surface area contributed by atoms with Crippen LogP contribution in [0.5, 0.6) is 0 Å². The first-order valence-corrected chi connectivity index (χ1v) is 15.7. The molecule has 2 heterocycles. The number of rotatable bonds is 16. The standard InChI is InChI=1S/C31H37N7O6S/c1-45-11-10-24(29(41)38-26(31(43)44)13-18-16-35-23-9-5-3-7-20(18)23)36-30(42)25(37-28(40)21(32)14-27(33)39)12-17-15-34-22-8-4-2-6-19(17)22/h2-9,15-16,21,24-26,34-35H,10-14,32H2,1H3,(H2,33,39)(H,36,42)(H,37,40)(H,38,41)(H,43,44). The smallest absolute Gasteiger partial charge is 0.326 e. The van der Waals surface area contributed by atoms with E-state index in [0.717, 1.165) is 32.9 Å². The molecule has 4 amide bonds. The van der Waals surface area contributed by atoms with Gasteiger partial charge in [-0.15, -0.1) is 0 Å². The van der Waals surface area contributed by atoms with Crippen LogP contribution in [0, 0.1) is 0 Å². The molecule has 0 aliphatic heterocycles. The molecule has 14 heteroatoms. The summed E-state index contributed by atoms with van der Waals surface area (Å²) < 4.78 is 0. The molecule has 238 valence electrons. The van der Waals surface area contributed by atoms with E-state index >= 15 is 0 Å². The summed E-state index contributed by atoms with van der Waals surface area (Å²) in [6, 6.07) is 10.0. The van der Waals surface area contributed by atoms with Gasteiger partial charge in [0.05, 0.1) is 12.5 Å². The fraction of sp³-hybridized carbons (Fsp3) is 0.323. The Hall–Kier alpha value is -4.82. The number of carboxylic acids is 1. The second kappa shape index (κ2) is 15.3. The van der Waals surface area contributed by atoms with E-state index in [1.807, 2.05) is 54.8 Å². The molecule has 4 atom stereocenters. The molecule has 4 unspecified atom stereocenters. The minimum atomic E-state index is -1.28. The van der Waals surface area contributed by atoms with Crippen LogP contribution in [0.1, 0.15) is 24.0 Å². The van der Waals surface area contributed by atoms with Gasteiger partial charge in [-0.05, 0) is 41.7 Å². The molecule has 0 saturated carbocycles. The molecule has 0 bridgehead atoms. The predicted octanol–water partition coefficient (Wildman–Crippen LogP) is 0.929. The maximum absolute atomic E-state index is 13.7. The first kappa shape index (κ1) is 33.1. The van der Waals surface area contributed by atoms with Gasteiger partial charge in [0.2, 0.25) is 23.6 Å². The minimum absolute atomic E-state index is 0.0191. The van der Waals surface area contributed by atoms with Gasteiger partial charge in [0.1, 0.15) is 18.1 Å². The van der Waals surface area contributed by atoms with E-state index in [2.05, 4.69) is 25.9 Å². The average molecular weight is 636 g/mol. The molecule has 4 aromatic rings. The molecule has 0 aliphatic rings. The molecular formula is C31H37N7O6S. The van der Waals surface area contributed by atoms with Gasteiger partial charge in [-0.1, -0.05) is 36.4 Å². The van der Waals surface area contributed by atoms with Crippen LogP contribution in [-0.4, -0.2) is 80.8 Å². The molecule has 10 N–H and O–H groups in total. The topological polar surface area (TPSA) is 225 Å². The quantitative estimate of drug-likeness (QED) is 0.0882. The zero-order chi connectivity index (χ0) is 32.5. The van der Waals surface area contributed by atoms with Crippen molar-refractivity contribution < 1.29 is 29.1 Å². The highest BCUT2D eigenvalue weighted by atomic mass is 32.2. The van der Waals surface area contributed by atoms with E-state index in [0.29, 0.717) is 5.75 Å². The molecular weight excluding hydrogens is 598 g/mol. The molecule has 0 fully saturated rings. The van der Waals surface area contributed by atoms with Crippen molar-refractivity contribution in [2.24, 2.45) is 11.5 Å². The Morgan fingerprint density at radius 3 is 1.80 bits per heavy atom. The summed E-state index contributed by atoms with van der Waals surface area (Å²) >= 11 is 1.45. The highest BCUT2D eigenvalue weighted by Gasteiger charge is 2.31. The number of primary amides is 1. The monoisotopic (exact) mass is 635 g/mol. The number of amides is 4. The lowest BCUT2D eigenvalue weighted by Gasteiger charge is -2.25. The Morgan fingerprint density at radius 2 is 1.27 bits per heavy atom. The number of hydrogen-bond donors (Lipinski definition) is 8. The maximum atomic E-state index is 13.7. The van der Waals surface area contributed by atoms with Crippen molar-refractivity contribution in [3.63, 3.8) is 0 Å². The van der Waals surface area contributed by atoms with E-state index in [4.69, 9.17) is 11.5 Å². The number of hydrogen-bond acceptors (Lipinski definition) is 7. The summed E-state index contributed by atoms with van der Waals surface area (Å²) in [5.41, 5.74) is 14.2. The van der Waals surface area contributed by atoms with Gasteiger partial charge in [-0.25, -0.2) is 4.79 Å². The SMILES string of the molecule is CSCCC(NC(=O)C(Cc1c[nH]c2ccccc12)NC(=O)C(N)CC(N)=O)C(=O)NC(Cc1c[nH]c2ccccc12)C(=O)O. The van der Waals surface area contributed by atoms with Crippen molar-refractivity contribution in [1.82, 2.24) is 25.9 Å². The van der Waals surface area contributed by atoms with Crippen LogP contribution >= 0.6 is 11.8 Å². The van der Waals surface area contributed by atoms with Gasteiger partial charge in [-0.2, -0.15) is 11.8 Å². The summed E-state index contributed by atoms with van der Waals surface area (Å²) in [7, 11) is 0. The van der Waals surface area contributed by atoms with Crippen LogP contribution < -0.4 is 27.4 Å². The zero-order valence-electron chi connectivity index (χ0n) is 24.7. The molecule has 0 saturated heterocycles. The average Bonchev–Trinajstić information content (AvgIpc) is 3.62. The number of carbonyl (C=O) groups excluding carboxylic acids is 4. The Morgan fingerprint density at radius 1 is 0.778 bits per heavy atom. The van der Waals surface area contributed by atoms with E-state index in [-0.39, 0.29) is 19.3 Å². The first-order valence-electron chi connectivity index (χ1n) is 14.3. The summed E-state index contributed by atoms with van der Waals surface area (Å²) in [4.78, 5) is 69.8. The molecule has 13 nitrogen and oxygen atoms in total. The van der Waals surface area contributed by atoms with E-state index in [1.54, 1.807) is 12.4 Å². The number of nitrogens with two attached hydrogens (primary N) is 2. The maximum Gasteiger partial charge on any atom is 0.326 e. The minimum Gasteiger partial charge on any atom is -0.480 e. The number of benzene rings is 2. The third-order valence-electron chi connectivity index (χ3n) is 7.45. The largest absolute Gasteiger partial charge is 0.480 e. The number of aromatic nitrogens is 2. The molecule has 2 aromatic carbocycles. The number of aliphatic carboxylic acids is 1. The molecule has 2 aromatic heterocycles. The third kappa shape index (κ3) is 8.64. The number of fused-ring (bicyclic) bond motifs is 2. The molecule has 0 aliphatic carbocycles. The van der Waals surface area contributed by atoms with Crippen molar-refractivity contribution >= 4 is 63.2 Å². The lowest BCUT2D eigenvalue weighted by Crippen LogP contribution is -2.58. The Balaban J connectivity index is 1.53. The predicted molar refractivity (Wildman–Crippen MR) is 172 cm³/mol. The van der Waals surface area contributed by atoms with Crippen LogP contribution in [-0.2, 0) is 36.8 Å². The Labute approximate surface area is 263 Å². The number of nitrogens with one attached hydrogen (secondary N) is 5. The third-order valence-corrected chi connectivity index (χ3v) is 8.09. The van der Waals surface area contributed by atoms with Crippen molar-refractivity contribution in [3.8, 4) is 0 Å². The lowest BCUT2D eigenvalue weighted by molar-refractivity contribution is -0.142. The van der Waals surface area contributed by atoms with Gasteiger partial charge in [0, 0.05) is 47.0 Å². The fourth-order valence-electron chi connectivity index (χ4n) is 5.09. The number of carboxylic acid groups (broad SMARTS) is 1. The number of carbonyl (C=O) groups is 5. The number of para-hydroxylation sites is 2. The van der Waals surface area contributed by atoms with E-state index in [1.165, 1.54) is 11.8 Å². The lowest BCUT2D eigenvalue weighted by atomic mass is 10.0. The summed E-state index contributed by atoms with van der Waals surface area (Å²) in [5, 5.41) is 19.5. The highest BCUT2D eigenvalue weighted by Crippen LogP contribution is 2.21. The van der Waals surface area contributed by atoms with Gasteiger partial charge in [-0.3, -0.25) is 19.2 Å². The molecule has 0 radical (unpaired) electrons. The van der Waals surface area contributed by atoms with Crippen LogP contribution in [0.2, 0.25) is 0 Å². The molecule has 0 spiro atoms. The van der Waals surface area contributed by atoms with Crippen LogP contribution in [0.4, 0.5) is 0 Å². The van der Waals surface area contributed by atoms with Crippen molar-refractivity contribution in [2.45, 2.75) is 49.9 Å². The Bertz CT molecular complexity index is 1680. The molecule has 4 rings (SSSR count). The normalized spacial score (nSPS) is 13.9. The summed E-state index contributed by atoms with van der Waals surface area (Å²) in [6.07, 6.45) is 5.12. The van der Waals surface area contributed by atoms with Crippen LogP contribution in [0.15, 0.2) is 60.9 Å². The summed E-state index contributed by atoms with van der Waals surface area (Å²) in [5.74, 6) is -3.62. The van der Waals surface area contributed by atoms with E-state index < -0.39 is 60.2 Å². The van der Waals surface area contributed by atoms with Crippen molar-refractivity contribution in [2.75, 3.05) is 12.0 Å². The van der Waals surface area contributed by atoms with E-state index in [9.17, 15) is 29.1 Å². The zero-order valence-corrected chi connectivity index (χ0v) is 25.5. The van der Waals surface area contributed by atoms with Crippen LogP contribution in [0.3, 0.4) is 0 Å². The van der Waals surface area contributed by atoms with Crippen LogP contribution in [0.25, 0.3) is 21.8 Å². The van der Waals surface area contributed by atoms with Crippen molar-refractivity contribution in [3.05, 3.63) is 72.1 Å². The number of H-pyrrole nitrogens is 2. The van der Waals surface area contributed by atoms with Gasteiger partial charge in [0.25, 0.3) is 0 Å². The van der Waals surface area contributed by atoms with Gasteiger partial charge in [0.15, 0.2) is 0 Å². The summed E-state index contributed by atoms with van der Waals surface area (Å²) in [6.45, 7) is 0. The fourth-order valence-corrected chi connectivity index (χ4v) is 5.56. The second-order valence-electron chi connectivity index (χ2n) is 10.7. The second-order valence-corrected chi connectivity index (χ2v) is 11.7. The number of thioether (sulfide) groups is 1.